The highest BCUT2D eigenvalue weighted by atomic mass is 16.1. The zero-order valence-corrected chi connectivity index (χ0v) is 11.3. The van der Waals surface area contributed by atoms with E-state index in [4.69, 9.17) is 0 Å². The van der Waals surface area contributed by atoms with E-state index in [-0.39, 0.29) is 5.91 Å². The molecule has 3 atom stereocenters. The SMILES string of the molecule is O=C(CCc1ccccn1)N[C@@H]1CC[C@H]2CCC[C@H]21. The Labute approximate surface area is 114 Å². The van der Waals surface area contributed by atoms with Crippen LogP contribution < -0.4 is 5.32 Å². The molecule has 2 aliphatic carbocycles. The second kappa shape index (κ2) is 5.72. The maximum atomic E-state index is 12.0. The molecule has 19 heavy (non-hydrogen) atoms. The summed E-state index contributed by atoms with van der Waals surface area (Å²) in [7, 11) is 0. The number of fused-ring (bicyclic) bond motifs is 1. The summed E-state index contributed by atoms with van der Waals surface area (Å²) in [5, 5.41) is 3.25. The van der Waals surface area contributed by atoms with Gasteiger partial charge >= 0.3 is 0 Å². The van der Waals surface area contributed by atoms with Gasteiger partial charge in [-0.05, 0) is 49.7 Å². The summed E-state index contributed by atoms with van der Waals surface area (Å²) in [6, 6.07) is 6.31. The van der Waals surface area contributed by atoms with Gasteiger partial charge in [-0.3, -0.25) is 9.78 Å². The average molecular weight is 258 g/mol. The molecule has 2 fully saturated rings. The molecule has 2 aliphatic rings. The molecule has 0 aliphatic heterocycles. The first-order valence-electron chi connectivity index (χ1n) is 7.52. The van der Waals surface area contributed by atoms with Crippen LogP contribution in [0.5, 0.6) is 0 Å². The molecule has 1 heterocycles. The Morgan fingerprint density at radius 2 is 2.21 bits per heavy atom. The zero-order valence-electron chi connectivity index (χ0n) is 11.3. The number of carbonyl (C=O) groups is 1. The molecule has 3 rings (SSSR count). The fraction of sp³-hybridized carbons (Fsp3) is 0.625. The lowest BCUT2D eigenvalue weighted by Crippen LogP contribution is -2.37. The number of carbonyl (C=O) groups excluding carboxylic acids is 1. The molecule has 0 spiro atoms. The third kappa shape index (κ3) is 2.96. The predicted octanol–water partition coefficient (Wildman–Crippen LogP) is 2.71. The first-order valence-corrected chi connectivity index (χ1v) is 7.52. The van der Waals surface area contributed by atoms with E-state index in [1.54, 1.807) is 6.20 Å². The summed E-state index contributed by atoms with van der Waals surface area (Å²) < 4.78 is 0. The van der Waals surface area contributed by atoms with Crippen LogP contribution in [-0.4, -0.2) is 16.9 Å². The number of hydrogen-bond donors (Lipinski definition) is 1. The van der Waals surface area contributed by atoms with Crippen LogP contribution in [0.4, 0.5) is 0 Å². The Morgan fingerprint density at radius 1 is 1.26 bits per heavy atom. The van der Waals surface area contributed by atoms with Crippen LogP contribution in [-0.2, 0) is 11.2 Å². The van der Waals surface area contributed by atoms with E-state index in [1.807, 2.05) is 18.2 Å². The van der Waals surface area contributed by atoms with Crippen molar-refractivity contribution in [1.29, 1.82) is 0 Å². The number of nitrogens with zero attached hydrogens (tertiary/aromatic N) is 1. The Kier molecular flexibility index (Phi) is 3.81. The van der Waals surface area contributed by atoms with Crippen LogP contribution in [0, 0.1) is 11.8 Å². The van der Waals surface area contributed by atoms with E-state index in [9.17, 15) is 4.79 Å². The minimum Gasteiger partial charge on any atom is -0.353 e. The molecule has 0 bridgehead atoms. The van der Waals surface area contributed by atoms with Gasteiger partial charge in [-0.25, -0.2) is 0 Å². The molecule has 1 aromatic heterocycles. The molecule has 0 unspecified atom stereocenters. The number of aryl methyl sites for hydroxylation is 1. The van der Waals surface area contributed by atoms with E-state index in [0.29, 0.717) is 12.5 Å². The summed E-state index contributed by atoms with van der Waals surface area (Å²) in [6.45, 7) is 0. The monoisotopic (exact) mass is 258 g/mol. The first kappa shape index (κ1) is 12.6. The maximum absolute atomic E-state index is 12.0. The van der Waals surface area contributed by atoms with Crippen molar-refractivity contribution in [2.45, 2.75) is 51.0 Å². The van der Waals surface area contributed by atoms with Gasteiger partial charge in [0, 0.05) is 24.4 Å². The fourth-order valence-electron chi connectivity index (χ4n) is 3.81. The smallest absolute Gasteiger partial charge is 0.220 e. The second-order valence-electron chi connectivity index (χ2n) is 5.93. The van der Waals surface area contributed by atoms with E-state index < -0.39 is 0 Å². The summed E-state index contributed by atoms with van der Waals surface area (Å²) in [5.74, 6) is 1.85. The van der Waals surface area contributed by atoms with E-state index in [1.165, 1.54) is 32.1 Å². The lowest BCUT2D eigenvalue weighted by Gasteiger charge is -2.20. The number of nitrogens with one attached hydrogen (secondary N) is 1. The van der Waals surface area contributed by atoms with Crippen molar-refractivity contribution in [3.05, 3.63) is 30.1 Å². The molecule has 2 saturated carbocycles. The Morgan fingerprint density at radius 3 is 3.05 bits per heavy atom. The molecule has 102 valence electrons. The number of hydrogen-bond acceptors (Lipinski definition) is 2. The van der Waals surface area contributed by atoms with Crippen molar-refractivity contribution >= 4 is 5.91 Å². The van der Waals surface area contributed by atoms with Gasteiger partial charge in [-0.2, -0.15) is 0 Å². The van der Waals surface area contributed by atoms with Crippen molar-refractivity contribution in [3.63, 3.8) is 0 Å². The highest BCUT2D eigenvalue weighted by Crippen LogP contribution is 2.43. The van der Waals surface area contributed by atoms with Gasteiger partial charge in [0.05, 0.1) is 0 Å². The van der Waals surface area contributed by atoms with E-state index in [0.717, 1.165) is 24.0 Å². The van der Waals surface area contributed by atoms with Crippen molar-refractivity contribution in [3.8, 4) is 0 Å². The largest absolute Gasteiger partial charge is 0.353 e. The third-order valence-electron chi connectivity index (χ3n) is 4.76. The van der Waals surface area contributed by atoms with Gasteiger partial charge in [0.1, 0.15) is 0 Å². The van der Waals surface area contributed by atoms with Gasteiger partial charge in [-0.15, -0.1) is 0 Å². The molecule has 1 N–H and O–H groups in total. The Hall–Kier alpha value is -1.38. The lowest BCUT2D eigenvalue weighted by atomic mass is 9.97. The summed E-state index contributed by atoms with van der Waals surface area (Å²) in [4.78, 5) is 16.3. The number of aromatic nitrogens is 1. The van der Waals surface area contributed by atoms with Crippen LogP contribution in [0.15, 0.2) is 24.4 Å². The minimum absolute atomic E-state index is 0.197. The Bertz CT molecular complexity index is 432. The lowest BCUT2D eigenvalue weighted by molar-refractivity contribution is -0.122. The molecule has 0 radical (unpaired) electrons. The van der Waals surface area contributed by atoms with E-state index in [2.05, 4.69) is 10.3 Å². The quantitative estimate of drug-likeness (QED) is 0.902. The minimum atomic E-state index is 0.197. The Balaban J connectivity index is 1.46. The summed E-state index contributed by atoms with van der Waals surface area (Å²) >= 11 is 0. The standard InChI is InChI=1S/C16H22N2O/c19-16(10-8-13-5-1-2-11-17-13)18-15-9-7-12-4-3-6-14(12)15/h1-2,5,11-12,14-15H,3-4,6-10H2,(H,18,19)/t12-,14-,15-/m1/s1. The van der Waals surface area contributed by atoms with Gasteiger partial charge in [-0.1, -0.05) is 18.9 Å². The van der Waals surface area contributed by atoms with Crippen molar-refractivity contribution < 1.29 is 4.79 Å². The molecule has 1 aromatic rings. The number of pyridine rings is 1. The molecular formula is C16H22N2O. The molecule has 1 amide bonds. The number of rotatable bonds is 4. The van der Waals surface area contributed by atoms with Crippen LogP contribution >= 0.6 is 0 Å². The topological polar surface area (TPSA) is 42.0 Å². The molecule has 3 nitrogen and oxygen atoms in total. The molecule has 0 aromatic carbocycles. The van der Waals surface area contributed by atoms with Crippen molar-refractivity contribution in [1.82, 2.24) is 10.3 Å². The normalized spacial score (nSPS) is 29.2. The summed E-state index contributed by atoms with van der Waals surface area (Å²) in [6.07, 6.45) is 9.64. The highest BCUT2D eigenvalue weighted by Gasteiger charge is 2.39. The van der Waals surface area contributed by atoms with E-state index >= 15 is 0 Å². The highest BCUT2D eigenvalue weighted by molar-refractivity contribution is 5.76. The van der Waals surface area contributed by atoms with Crippen LogP contribution in [0.2, 0.25) is 0 Å². The van der Waals surface area contributed by atoms with Crippen molar-refractivity contribution in [2.24, 2.45) is 11.8 Å². The fourth-order valence-corrected chi connectivity index (χ4v) is 3.81. The van der Waals surface area contributed by atoms with Crippen molar-refractivity contribution in [2.75, 3.05) is 0 Å². The predicted molar refractivity (Wildman–Crippen MR) is 74.6 cm³/mol. The second-order valence-corrected chi connectivity index (χ2v) is 5.93. The maximum Gasteiger partial charge on any atom is 0.220 e. The number of amides is 1. The van der Waals surface area contributed by atoms with Gasteiger partial charge in [0.2, 0.25) is 5.91 Å². The third-order valence-corrected chi connectivity index (χ3v) is 4.76. The molecule has 0 saturated heterocycles. The summed E-state index contributed by atoms with van der Waals surface area (Å²) in [5.41, 5.74) is 1.00. The van der Waals surface area contributed by atoms with Gasteiger partial charge in [0.15, 0.2) is 0 Å². The van der Waals surface area contributed by atoms with Crippen LogP contribution in [0.25, 0.3) is 0 Å². The first-order chi connectivity index (χ1) is 9.33. The zero-order chi connectivity index (χ0) is 13.1. The van der Waals surface area contributed by atoms with Crippen LogP contribution in [0.1, 0.15) is 44.2 Å². The van der Waals surface area contributed by atoms with Gasteiger partial charge in [0.25, 0.3) is 0 Å². The molecule has 3 heteroatoms. The molecular weight excluding hydrogens is 236 g/mol. The van der Waals surface area contributed by atoms with Gasteiger partial charge < -0.3 is 5.32 Å². The van der Waals surface area contributed by atoms with Crippen LogP contribution in [0.3, 0.4) is 0 Å². The average Bonchev–Trinajstić information content (AvgIpc) is 3.03.